The molecule has 23 heavy (non-hydrogen) atoms. The van der Waals surface area contributed by atoms with Gasteiger partial charge in [-0.25, -0.2) is 8.78 Å². The van der Waals surface area contributed by atoms with Crippen LogP contribution in [-0.2, 0) is 27.2 Å². The molecule has 0 spiro atoms. The van der Waals surface area contributed by atoms with E-state index in [1.807, 2.05) is 0 Å². The third-order valence-electron chi connectivity index (χ3n) is 4.41. The van der Waals surface area contributed by atoms with Gasteiger partial charge in [-0.3, -0.25) is 9.69 Å². The van der Waals surface area contributed by atoms with Crippen molar-refractivity contribution in [3.05, 3.63) is 28.8 Å². The minimum absolute atomic E-state index is 0.0204. The fourth-order valence-corrected chi connectivity index (χ4v) is 2.59. The van der Waals surface area contributed by atoms with E-state index in [2.05, 4.69) is 5.32 Å². The highest BCUT2D eigenvalue weighted by Gasteiger charge is 2.41. The number of hydrogen-bond acceptors (Lipinski definition) is 4. The monoisotopic (exact) mass is 326 g/mol. The molecule has 0 radical (unpaired) electrons. The smallest absolute Gasteiger partial charge is 0.241 e. The Kier molecular flexibility index (Phi) is 4.81. The van der Waals surface area contributed by atoms with Gasteiger partial charge >= 0.3 is 0 Å². The summed E-state index contributed by atoms with van der Waals surface area (Å²) in [6, 6.07) is 0.448. The van der Waals surface area contributed by atoms with Crippen molar-refractivity contribution < 1.29 is 23.1 Å². The molecule has 126 valence electrons. The Balaban J connectivity index is 2.36. The van der Waals surface area contributed by atoms with Gasteiger partial charge < -0.3 is 14.8 Å². The van der Waals surface area contributed by atoms with E-state index in [-0.39, 0.29) is 29.7 Å². The molecule has 0 saturated heterocycles. The molecule has 0 aromatic heterocycles. The summed E-state index contributed by atoms with van der Waals surface area (Å²) in [6.45, 7) is 1.65. The van der Waals surface area contributed by atoms with Gasteiger partial charge in [0.1, 0.15) is 11.4 Å². The van der Waals surface area contributed by atoms with Crippen molar-refractivity contribution in [3.63, 3.8) is 0 Å². The van der Waals surface area contributed by atoms with Crippen LogP contribution in [0.5, 0.6) is 0 Å². The summed E-state index contributed by atoms with van der Waals surface area (Å²) >= 11 is 0. The summed E-state index contributed by atoms with van der Waals surface area (Å²) in [4.78, 5) is 24.9. The van der Waals surface area contributed by atoms with Gasteiger partial charge in [-0.2, -0.15) is 0 Å². The number of aldehydes is 1. The average molecular weight is 326 g/mol. The van der Waals surface area contributed by atoms with E-state index in [1.165, 1.54) is 7.11 Å². The Morgan fingerprint density at radius 2 is 2.00 bits per heavy atom. The zero-order valence-corrected chi connectivity index (χ0v) is 13.6. The number of nitrogens with one attached hydrogen (secondary N) is 1. The molecule has 1 amide bonds. The maximum absolute atomic E-state index is 14.6. The van der Waals surface area contributed by atoms with Crippen LogP contribution in [0.3, 0.4) is 0 Å². The van der Waals surface area contributed by atoms with E-state index < -0.39 is 29.2 Å². The Bertz CT molecular complexity index is 649. The number of benzene rings is 1. The van der Waals surface area contributed by atoms with Gasteiger partial charge in [0.15, 0.2) is 12.1 Å². The molecule has 7 heteroatoms. The lowest BCUT2D eigenvalue weighted by Crippen LogP contribution is -2.37. The molecule has 1 aromatic carbocycles. The summed E-state index contributed by atoms with van der Waals surface area (Å²) in [6.07, 6.45) is 0.490. The molecule has 1 aromatic rings. The van der Waals surface area contributed by atoms with E-state index in [9.17, 15) is 18.4 Å². The molecule has 2 atom stereocenters. The number of carbonyl (C=O) groups is 2. The van der Waals surface area contributed by atoms with E-state index in [1.54, 1.807) is 25.9 Å². The van der Waals surface area contributed by atoms with Crippen LogP contribution in [0.2, 0.25) is 0 Å². The molecular formula is C16H20F2N2O3. The molecular weight excluding hydrogens is 306 g/mol. The third kappa shape index (κ3) is 3.11. The summed E-state index contributed by atoms with van der Waals surface area (Å²) in [5, 5.41) is 2.40. The van der Waals surface area contributed by atoms with Gasteiger partial charge in [-0.05, 0) is 32.1 Å². The Hall–Kier alpha value is -1.86. The molecule has 0 bridgehead atoms. The molecule has 0 heterocycles. The number of ether oxygens (including phenoxy) is 1. The van der Waals surface area contributed by atoms with Crippen molar-refractivity contribution >= 4 is 17.9 Å². The number of methoxy groups -OCH3 is 1. The van der Waals surface area contributed by atoms with Gasteiger partial charge in [0, 0.05) is 26.0 Å². The molecule has 1 aliphatic rings. The number of anilines is 1. The molecule has 1 aliphatic carbocycles. The summed E-state index contributed by atoms with van der Waals surface area (Å²) in [5.41, 5.74) is -1.27. The summed E-state index contributed by atoms with van der Waals surface area (Å²) in [5.74, 6) is -1.82. The van der Waals surface area contributed by atoms with Crippen LogP contribution in [0.15, 0.2) is 6.07 Å². The lowest BCUT2D eigenvalue weighted by atomic mass is 10.0. The molecule has 0 aliphatic heterocycles. The predicted molar refractivity (Wildman–Crippen MR) is 81.3 cm³/mol. The quantitative estimate of drug-likeness (QED) is 0.834. The number of rotatable bonds is 5. The van der Waals surface area contributed by atoms with Crippen molar-refractivity contribution in [3.8, 4) is 0 Å². The third-order valence-corrected chi connectivity index (χ3v) is 4.41. The van der Waals surface area contributed by atoms with E-state index in [0.717, 1.165) is 6.07 Å². The minimum Gasteiger partial charge on any atom is -0.370 e. The molecule has 5 nitrogen and oxygen atoms in total. The van der Waals surface area contributed by atoms with Crippen molar-refractivity contribution in [2.45, 2.75) is 31.4 Å². The number of hydrogen-bond donors (Lipinski definition) is 1. The largest absolute Gasteiger partial charge is 0.370 e. The van der Waals surface area contributed by atoms with Gasteiger partial charge in [0.25, 0.3) is 0 Å². The number of halogens is 2. The van der Waals surface area contributed by atoms with Gasteiger partial charge in [0.2, 0.25) is 5.91 Å². The highest BCUT2D eigenvalue weighted by atomic mass is 19.1. The number of amides is 1. The number of likely N-dealkylation sites (N-methyl/N-ethyl adjacent to an activating group) is 1. The normalized spacial score (nSPS) is 21.2. The predicted octanol–water partition coefficient (Wildman–Crippen LogP) is 1.54. The first-order chi connectivity index (χ1) is 10.7. The Morgan fingerprint density at radius 1 is 1.39 bits per heavy atom. The van der Waals surface area contributed by atoms with Crippen LogP contribution in [0.25, 0.3) is 0 Å². The van der Waals surface area contributed by atoms with Crippen molar-refractivity contribution in [1.29, 1.82) is 0 Å². The van der Waals surface area contributed by atoms with Crippen molar-refractivity contribution in [2.24, 2.45) is 0 Å². The first-order valence-electron chi connectivity index (χ1n) is 7.23. The van der Waals surface area contributed by atoms with Crippen LogP contribution < -0.4 is 5.32 Å². The second kappa shape index (κ2) is 6.33. The van der Waals surface area contributed by atoms with Gasteiger partial charge in [-0.1, -0.05) is 0 Å². The number of fused-ring (bicyclic) bond motifs is 1. The topological polar surface area (TPSA) is 58.6 Å². The van der Waals surface area contributed by atoms with Crippen molar-refractivity contribution in [2.75, 3.05) is 26.5 Å². The molecule has 1 N–H and O–H groups in total. The fourth-order valence-electron chi connectivity index (χ4n) is 2.59. The lowest BCUT2D eigenvalue weighted by Gasteiger charge is -2.20. The maximum Gasteiger partial charge on any atom is 0.241 e. The van der Waals surface area contributed by atoms with Crippen LogP contribution in [0, 0.1) is 11.6 Å². The maximum atomic E-state index is 14.6. The fraction of sp³-hybridized carbons (Fsp3) is 0.500. The van der Waals surface area contributed by atoms with Gasteiger partial charge in [0.05, 0.1) is 11.7 Å². The lowest BCUT2D eigenvalue weighted by molar-refractivity contribution is -0.126. The number of nitrogens with zero attached hydrogens (tertiary/aromatic N) is 1. The average Bonchev–Trinajstić information content (AvgIpc) is 2.93. The van der Waals surface area contributed by atoms with E-state index >= 15 is 0 Å². The zero-order valence-electron chi connectivity index (χ0n) is 13.6. The number of carbonyl (C=O) groups excluding carboxylic acids is 2. The molecule has 2 unspecified atom stereocenters. The van der Waals surface area contributed by atoms with Crippen LogP contribution in [-0.4, -0.2) is 49.9 Å². The standard InChI is InChI=1S/C16H20F2N2O3/c1-9(20(2)3)15(22)19-13-5-12(17)10-6-16(8-21,23-4)7-11(10)14(13)18/h5,8-9H,6-7H2,1-4H3,(H,19,22). The second-order valence-corrected chi connectivity index (χ2v) is 6.05. The molecule has 0 fully saturated rings. The van der Waals surface area contributed by atoms with Crippen LogP contribution in [0.4, 0.5) is 14.5 Å². The Labute approximate surface area is 133 Å². The minimum atomic E-state index is -1.25. The Morgan fingerprint density at radius 3 is 2.52 bits per heavy atom. The first kappa shape index (κ1) is 17.5. The summed E-state index contributed by atoms with van der Waals surface area (Å²) in [7, 11) is 4.75. The van der Waals surface area contributed by atoms with Crippen LogP contribution in [0.1, 0.15) is 18.1 Å². The SMILES string of the molecule is COC1(C=O)Cc2c(F)cc(NC(=O)C(C)N(C)C)c(F)c2C1. The summed E-state index contributed by atoms with van der Waals surface area (Å²) < 4.78 is 34.0. The second-order valence-electron chi connectivity index (χ2n) is 6.05. The highest BCUT2D eigenvalue weighted by molar-refractivity contribution is 5.94. The molecule has 0 saturated carbocycles. The first-order valence-corrected chi connectivity index (χ1v) is 7.23. The van der Waals surface area contributed by atoms with E-state index in [4.69, 9.17) is 4.74 Å². The molecule has 2 rings (SSSR count). The van der Waals surface area contributed by atoms with E-state index in [0.29, 0.717) is 6.29 Å². The highest BCUT2D eigenvalue weighted by Crippen LogP contribution is 2.37. The van der Waals surface area contributed by atoms with Crippen molar-refractivity contribution in [1.82, 2.24) is 4.90 Å². The zero-order chi connectivity index (χ0) is 17.4. The van der Waals surface area contributed by atoms with Gasteiger partial charge in [-0.15, -0.1) is 0 Å². The van der Waals surface area contributed by atoms with Crippen LogP contribution >= 0.6 is 0 Å².